The van der Waals surface area contributed by atoms with Crippen molar-refractivity contribution >= 4 is 28.1 Å². The number of ether oxygens (including phenoxy) is 2. The molecular formula is C22H24N4O3S. The van der Waals surface area contributed by atoms with Gasteiger partial charge in [0.25, 0.3) is 5.91 Å². The van der Waals surface area contributed by atoms with E-state index in [1.54, 1.807) is 25.0 Å². The number of aromatic nitrogens is 2. The number of thiazole rings is 1. The van der Waals surface area contributed by atoms with E-state index in [1.807, 2.05) is 12.1 Å². The fraction of sp³-hybridized carbons (Fsp3) is 0.409. The van der Waals surface area contributed by atoms with Gasteiger partial charge in [0.15, 0.2) is 0 Å². The van der Waals surface area contributed by atoms with Crippen LogP contribution >= 0.6 is 11.3 Å². The molecule has 1 aromatic carbocycles. The van der Waals surface area contributed by atoms with Gasteiger partial charge in [-0.15, -0.1) is 11.3 Å². The maximum atomic E-state index is 13.2. The predicted octanol–water partition coefficient (Wildman–Crippen LogP) is 3.87. The summed E-state index contributed by atoms with van der Waals surface area (Å²) < 4.78 is 10.8. The van der Waals surface area contributed by atoms with Gasteiger partial charge in [-0.25, -0.2) is 0 Å². The van der Waals surface area contributed by atoms with Gasteiger partial charge in [0.1, 0.15) is 6.07 Å². The van der Waals surface area contributed by atoms with Crippen LogP contribution in [0.25, 0.3) is 21.3 Å². The van der Waals surface area contributed by atoms with Crippen LogP contribution in [-0.2, 0) is 9.47 Å². The van der Waals surface area contributed by atoms with Crippen LogP contribution in [0.2, 0.25) is 0 Å². The van der Waals surface area contributed by atoms with E-state index in [2.05, 4.69) is 21.4 Å². The van der Waals surface area contributed by atoms with E-state index in [-0.39, 0.29) is 18.1 Å². The van der Waals surface area contributed by atoms with E-state index in [0.717, 1.165) is 41.6 Å². The number of benzene rings is 1. The summed E-state index contributed by atoms with van der Waals surface area (Å²) in [6.07, 6.45) is 7.24. The Labute approximate surface area is 179 Å². The maximum Gasteiger partial charge on any atom is 0.252 e. The number of amides is 1. The molecule has 7 nitrogen and oxygen atoms in total. The lowest BCUT2D eigenvalue weighted by Crippen LogP contribution is -2.39. The highest BCUT2D eigenvalue weighted by Gasteiger charge is 2.25. The van der Waals surface area contributed by atoms with Gasteiger partial charge in [-0.1, -0.05) is 0 Å². The third-order valence-corrected chi connectivity index (χ3v) is 6.33. The zero-order valence-electron chi connectivity index (χ0n) is 16.8. The topological polar surface area (TPSA) is 100 Å². The molecule has 0 aliphatic heterocycles. The Kier molecular flexibility index (Phi) is 6.43. The second-order valence-electron chi connectivity index (χ2n) is 7.44. The number of hydrogen-bond acceptors (Lipinski definition) is 6. The van der Waals surface area contributed by atoms with Crippen LogP contribution in [0, 0.1) is 11.3 Å². The number of nitriles is 1. The van der Waals surface area contributed by atoms with Crippen LogP contribution in [-0.4, -0.2) is 48.3 Å². The molecule has 30 heavy (non-hydrogen) atoms. The molecule has 1 saturated carbocycles. The van der Waals surface area contributed by atoms with Gasteiger partial charge < -0.3 is 19.8 Å². The van der Waals surface area contributed by atoms with Crippen molar-refractivity contribution in [2.75, 3.05) is 20.3 Å². The Balaban J connectivity index is 1.52. The summed E-state index contributed by atoms with van der Waals surface area (Å²) in [5.41, 5.74) is 4.45. The van der Waals surface area contributed by atoms with Crippen molar-refractivity contribution in [3.63, 3.8) is 0 Å². The molecule has 156 valence electrons. The molecule has 1 aliphatic carbocycles. The molecule has 8 heteroatoms. The number of hydrogen-bond donors (Lipinski definition) is 2. The molecule has 2 heterocycles. The molecule has 2 aromatic heterocycles. The van der Waals surface area contributed by atoms with Crippen LogP contribution in [0.3, 0.4) is 0 Å². The van der Waals surface area contributed by atoms with Crippen LogP contribution in [0.1, 0.15) is 41.6 Å². The zero-order chi connectivity index (χ0) is 20.9. The number of nitrogens with one attached hydrogen (secondary N) is 2. The average Bonchev–Trinajstić information content (AvgIpc) is 3.44. The highest BCUT2D eigenvalue weighted by atomic mass is 32.1. The molecule has 2 N–H and O–H groups in total. The van der Waals surface area contributed by atoms with Gasteiger partial charge >= 0.3 is 0 Å². The number of carbonyl (C=O) groups is 1. The maximum absolute atomic E-state index is 13.2. The lowest BCUT2D eigenvalue weighted by Gasteiger charge is -2.29. The van der Waals surface area contributed by atoms with Crippen molar-refractivity contribution in [2.24, 2.45) is 0 Å². The number of aromatic amines is 1. The number of rotatable bonds is 7. The summed E-state index contributed by atoms with van der Waals surface area (Å²) in [6, 6.07) is 6.11. The highest BCUT2D eigenvalue weighted by Crippen LogP contribution is 2.31. The van der Waals surface area contributed by atoms with Crippen LogP contribution in [0.5, 0.6) is 0 Å². The van der Waals surface area contributed by atoms with Gasteiger partial charge in [-0.2, -0.15) is 5.26 Å². The van der Waals surface area contributed by atoms with Gasteiger partial charge in [0.2, 0.25) is 0 Å². The number of H-pyrrole nitrogens is 1. The summed E-state index contributed by atoms with van der Waals surface area (Å²) in [5, 5.41) is 13.3. The second-order valence-corrected chi connectivity index (χ2v) is 8.32. The van der Waals surface area contributed by atoms with E-state index in [9.17, 15) is 10.1 Å². The molecule has 1 aliphatic rings. The summed E-state index contributed by atoms with van der Waals surface area (Å²) >= 11 is 1.52. The van der Waals surface area contributed by atoms with E-state index >= 15 is 0 Å². The predicted molar refractivity (Wildman–Crippen MR) is 115 cm³/mol. The van der Waals surface area contributed by atoms with Gasteiger partial charge in [-0.05, 0) is 43.4 Å². The van der Waals surface area contributed by atoms with Crippen molar-refractivity contribution in [2.45, 2.75) is 37.8 Å². The third kappa shape index (κ3) is 4.38. The Morgan fingerprint density at radius 1 is 1.33 bits per heavy atom. The minimum Gasteiger partial charge on any atom is -0.382 e. The summed E-state index contributed by atoms with van der Waals surface area (Å²) in [4.78, 5) is 21.5. The molecule has 3 aromatic rings. The Bertz CT molecular complexity index is 1050. The number of fused-ring (bicyclic) bond motifs is 1. The van der Waals surface area contributed by atoms with Crippen LogP contribution in [0.15, 0.2) is 30.0 Å². The second kappa shape index (κ2) is 9.39. The third-order valence-electron chi connectivity index (χ3n) is 5.51. The number of methoxy groups -OCH3 is 1. The zero-order valence-corrected chi connectivity index (χ0v) is 17.6. The number of nitrogens with zero attached hydrogens (tertiary/aromatic N) is 2. The number of carbonyl (C=O) groups excluding carboxylic acids is 1. The molecule has 1 fully saturated rings. The lowest BCUT2D eigenvalue weighted by atomic mass is 9.92. The molecule has 0 spiro atoms. The largest absolute Gasteiger partial charge is 0.382 e. The SMILES string of the molecule is COCCOC1CCC(NC(=O)c2cc(-c3cncs3)cc3[nH]cc(C#N)c23)CC1. The first-order chi connectivity index (χ1) is 14.7. The van der Waals surface area contributed by atoms with Gasteiger partial charge in [0, 0.05) is 36.4 Å². The van der Waals surface area contributed by atoms with Crippen molar-refractivity contribution < 1.29 is 14.3 Å². The first kappa shape index (κ1) is 20.5. The summed E-state index contributed by atoms with van der Waals surface area (Å²) in [5.74, 6) is -0.147. The molecule has 0 atom stereocenters. The molecule has 0 radical (unpaired) electrons. The summed E-state index contributed by atoms with van der Waals surface area (Å²) in [6.45, 7) is 1.20. The smallest absolute Gasteiger partial charge is 0.252 e. The van der Waals surface area contributed by atoms with Crippen molar-refractivity contribution in [1.82, 2.24) is 15.3 Å². The summed E-state index contributed by atoms with van der Waals surface area (Å²) in [7, 11) is 1.67. The normalized spacial score (nSPS) is 18.9. The molecule has 4 rings (SSSR count). The fourth-order valence-corrected chi connectivity index (χ4v) is 4.58. The minimum absolute atomic E-state index is 0.103. The van der Waals surface area contributed by atoms with Gasteiger partial charge in [-0.3, -0.25) is 9.78 Å². The Hall–Kier alpha value is -2.73. The Morgan fingerprint density at radius 2 is 2.17 bits per heavy atom. The average molecular weight is 425 g/mol. The molecule has 1 amide bonds. The van der Waals surface area contributed by atoms with Crippen LogP contribution in [0.4, 0.5) is 0 Å². The van der Waals surface area contributed by atoms with Gasteiger partial charge in [0.05, 0.1) is 40.8 Å². The molecule has 0 bridgehead atoms. The van der Waals surface area contributed by atoms with E-state index in [0.29, 0.717) is 29.7 Å². The monoisotopic (exact) mass is 424 g/mol. The van der Waals surface area contributed by atoms with E-state index in [4.69, 9.17) is 9.47 Å². The molecular weight excluding hydrogens is 400 g/mol. The first-order valence-corrected chi connectivity index (χ1v) is 10.9. The minimum atomic E-state index is -0.147. The highest BCUT2D eigenvalue weighted by molar-refractivity contribution is 7.13. The van der Waals surface area contributed by atoms with E-state index in [1.165, 1.54) is 11.3 Å². The molecule has 0 unspecified atom stereocenters. The quantitative estimate of drug-likeness (QED) is 0.561. The molecule has 0 saturated heterocycles. The Morgan fingerprint density at radius 3 is 2.87 bits per heavy atom. The fourth-order valence-electron chi connectivity index (χ4n) is 3.97. The van der Waals surface area contributed by atoms with Crippen molar-refractivity contribution in [3.8, 4) is 16.5 Å². The van der Waals surface area contributed by atoms with Crippen LogP contribution < -0.4 is 5.32 Å². The standard InChI is InChI=1S/C22H24N4O3S/c1-28-6-7-29-17-4-2-16(3-5-17)26-22(27)18-8-14(20-12-24-13-30-20)9-19-21(18)15(10-23)11-25-19/h8-9,11-13,16-17,25H,2-7H2,1H3,(H,26,27). The van der Waals surface area contributed by atoms with Crippen molar-refractivity contribution in [3.05, 3.63) is 41.2 Å². The first-order valence-electron chi connectivity index (χ1n) is 10.0. The lowest BCUT2D eigenvalue weighted by molar-refractivity contribution is -0.00408. The van der Waals surface area contributed by atoms with E-state index < -0.39 is 0 Å². The van der Waals surface area contributed by atoms with Crippen molar-refractivity contribution in [1.29, 1.82) is 5.26 Å².